The number of halogens is 4. The van der Waals surface area contributed by atoms with Gasteiger partial charge in [0, 0.05) is 0 Å². The summed E-state index contributed by atoms with van der Waals surface area (Å²) in [6.45, 7) is 1.40. The highest BCUT2D eigenvalue weighted by Crippen LogP contribution is 2.31. The first-order chi connectivity index (χ1) is 7.70. The predicted molar refractivity (Wildman–Crippen MR) is 56.5 cm³/mol. The summed E-state index contributed by atoms with van der Waals surface area (Å²) >= 11 is 5.45. The van der Waals surface area contributed by atoms with Gasteiger partial charge in [0.2, 0.25) is 5.91 Å². The molecule has 1 amide bonds. The Morgan fingerprint density at radius 3 is 2.59 bits per heavy atom. The molecule has 1 aromatic rings. The molecule has 8 heteroatoms. The van der Waals surface area contributed by atoms with Crippen molar-refractivity contribution in [3.05, 3.63) is 22.8 Å². The fourth-order valence-electron chi connectivity index (χ4n) is 1.03. The topological polar surface area (TPSA) is 68.0 Å². The molecular formula is C9H9ClF3N3O. The number of hydrogen-bond donors (Lipinski definition) is 2. The molecular weight excluding hydrogens is 259 g/mol. The van der Waals surface area contributed by atoms with Crippen LogP contribution in [0.5, 0.6) is 0 Å². The van der Waals surface area contributed by atoms with Crippen LogP contribution in [0.25, 0.3) is 0 Å². The SMILES string of the molecule is CC(Nc1cc(C(F)(F)F)cc(Cl)n1)C(N)=O. The predicted octanol–water partition coefficient (Wildman–Crippen LogP) is 2.04. The second kappa shape index (κ2) is 4.79. The normalized spacial score (nSPS) is 13.2. The molecule has 0 aliphatic heterocycles. The Balaban J connectivity index is 3.02. The molecule has 4 nitrogen and oxygen atoms in total. The summed E-state index contributed by atoms with van der Waals surface area (Å²) in [4.78, 5) is 14.4. The van der Waals surface area contributed by atoms with Crippen LogP contribution in [0.3, 0.4) is 0 Å². The van der Waals surface area contributed by atoms with Crippen LogP contribution >= 0.6 is 11.6 Å². The van der Waals surface area contributed by atoms with Gasteiger partial charge in [-0.25, -0.2) is 4.98 Å². The van der Waals surface area contributed by atoms with E-state index in [1.165, 1.54) is 6.92 Å². The zero-order valence-corrected chi connectivity index (χ0v) is 9.43. The van der Waals surface area contributed by atoms with Crippen LogP contribution in [0.15, 0.2) is 12.1 Å². The van der Waals surface area contributed by atoms with Gasteiger partial charge in [-0.15, -0.1) is 0 Å². The standard InChI is InChI=1S/C9H9ClF3N3O/c1-4(8(14)17)15-7-3-5(9(11,12)13)2-6(10)16-7/h2-4H,1H3,(H2,14,17)(H,15,16). The average Bonchev–Trinajstić information content (AvgIpc) is 2.15. The fraction of sp³-hybridized carbons (Fsp3) is 0.333. The van der Waals surface area contributed by atoms with Crippen LogP contribution in [-0.2, 0) is 11.0 Å². The number of amides is 1. The van der Waals surface area contributed by atoms with Crippen molar-refractivity contribution >= 4 is 23.3 Å². The lowest BCUT2D eigenvalue weighted by atomic mass is 10.2. The smallest absolute Gasteiger partial charge is 0.368 e. The third-order valence-corrected chi connectivity index (χ3v) is 2.11. The van der Waals surface area contributed by atoms with Gasteiger partial charge < -0.3 is 11.1 Å². The molecule has 1 rings (SSSR count). The number of nitrogens with two attached hydrogens (primary N) is 1. The van der Waals surface area contributed by atoms with E-state index in [1.807, 2.05) is 0 Å². The number of alkyl halides is 3. The van der Waals surface area contributed by atoms with E-state index in [2.05, 4.69) is 10.3 Å². The number of rotatable bonds is 3. The molecule has 0 fully saturated rings. The van der Waals surface area contributed by atoms with Crippen LogP contribution in [0.4, 0.5) is 19.0 Å². The van der Waals surface area contributed by atoms with Crippen molar-refractivity contribution in [2.45, 2.75) is 19.1 Å². The number of hydrogen-bond acceptors (Lipinski definition) is 3. The first-order valence-corrected chi connectivity index (χ1v) is 4.88. The summed E-state index contributed by atoms with van der Waals surface area (Å²) in [5.74, 6) is -0.864. The van der Waals surface area contributed by atoms with Gasteiger partial charge in [-0.05, 0) is 19.1 Å². The summed E-state index contributed by atoms with van der Waals surface area (Å²) in [6, 6.07) is 0.606. The first kappa shape index (κ1) is 13.6. The Morgan fingerprint density at radius 1 is 1.53 bits per heavy atom. The van der Waals surface area contributed by atoms with Crippen LogP contribution < -0.4 is 11.1 Å². The Hall–Kier alpha value is -1.50. The summed E-state index contributed by atoms with van der Waals surface area (Å²) in [5, 5.41) is 2.10. The number of carbonyl (C=O) groups is 1. The highest BCUT2D eigenvalue weighted by Gasteiger charge is 2.31. The maximum Gasteiger partial charge on any atom is 0.416 e. The molecule has 3 N–H and O–H groups in total. The van der Waals surface area contributed by atoms with E-state index in [4.69, 9.17) is 17.3 Å². The third kappa shape index (κ3) is 3.77. The number of nitrogens with zero attached hydrogens (tertiary/aromatic N) is 1. The minimum Gasteiger partial charge on any atom is -0.368 e. The van der Waals surface area contributed by atoms with Gasteiger partial charge in [-0.3, -0.25) is 4.79 Å². The van der Waals surface area contributed by atoms with E-state index >= 15 is 0 Å². The molecule has 17 heavy (non-hydrogen) atoms. The van der Waals surface area contributed by atoms with Crippen LogP contribution in [0.1, 0.15) is 12.5 Å². The van der Waals surface area contributed by atoms with Crippen LogP contribution in [0, 0.1) is 0 Å². The lowest BCUT2D eigenvalue weighted by Crippen LogP contribution is -2.32. The van der Waals surface area contributed by atoms with Crippen molar-refractivity contribution < 1.29 is 18.0 Å². The van der Waals surface area contributed by atoms with Gasteiger partial charge in [-0.2, -0.15) is 13.2 Å². The number of carbonyl (C=O) groups excluding carboxylic acids is 1. The molecule has 0 bridgehead atoms. The maximum absolute atomic E-state index is 12.4. The third-order valence-electron chi connectivity index (χ3n) is 1.91. The summed E-state index contributed by atoms with van der Waals surface area (Å²) in [6.07, 6.45) is -4.53. The van der Waals surface area contributed by atoms with Gasteiger partial charge in [0.1, 0.15) is 17.0 Å². The van der Waals surface area contributed by atoms with Crippen molar-refractivity contribution in [1.29, 1.82) is 0 Å². The summed E-state index contributed by atoms with van der Waals surface area (Å²) in [7, 11) is 0. The maximum atomic E-state index is 12.4. The first-order valence-electron chi connectivity index (χ1n) is 4.51. The highest BCUT2D eigenvalue weighted by atomic mass is 35.5. The zero-order chi connectivity index (χ0) is 13.2. The molecule has 1 aromatic heterocycles. The number of pyridine rings is 1. The molecule has 0 spiro atoms. The highest BCUT2D eigenvalue weighted by molar-refractivity contribution is 6.29. The average molecular weight is 268 g/mol. The van der Waals surface area contributed by atoms with E-state index in [0.717, 1.165) is 6.07 Å². The summed E-state index contributed by atoms with van der Waals surface area (Å²) in [5.41, 5.74) is 4.01. The van der Waals surface area contributed by atoms with Gasteiger partial charge >= 0.3 is 6.18 Å². The molecule has 0 aliphatic carbocycles. The Bertz CT molecular complexity index is 436. The molecule has 0 aromatic carbocycles. The van der Waals surface area contributed by atoms with Crippen molar-refractivity contribution in [3.63, 3.8) is 0 Å². The second-order valence-corrected chi connectivity index (χ2v) is 3.72. The van der Waals surface area contributed by atoms with Gasteiger partial charge in [0.05, 0.1) is 5.56 Å². The number of nitrogens with one attached hydrogen (secondary N) is 1. The van der Waals surface area contributed by atoms with E-state index in [9.17, 15) is 18.0 Å². The number of anilines is 1. The Labute approximate surface area is 100.0 Å². The quantitative estimate of drug-likeness (QED) is 0.824. The van der Waals surface area contributed by atoms with Gasteiger partial charge in [-0.1, -0.05) is 11.6 Å². The van der Waals surface area contributed by atoms with Crippen molar-refractivity contribution in [2.75, 3.05) is 5.32 Å². The lowest BCUT2D eigenvalue weighted by molar-refractivity contribution is -0.137. The van der Waals surface area contributed by atoms with E-state index in [1.54, 1.807) is 0 Å². The fourth-order valence-corrected chi connectivity index (χ4v) is 1.24. The van der Waals surface area contributed by atoms with E-state index < -0.39 is 23.7 Å². The molecule has 94 valence electrons. The second-order valence-electron chi connectivity index (χ2n) is 3.33. The van der Waals surface area contributed by atoms with Gasteiger partial charge in [0.25, 0.3) is 0 Å². The number of aromatic nitrogens is 1. The van der Waals surface area contributed by atoms with Crippen molar-refractivity contribution in [1.82, 2.24) is 4.98 Å². The molecule has 0 saturated carbocycles. The minimum atomic E-state index is -4.53. The minimum absolute atomic E-state index is 0.156. The molecule has 1 unspecified atom stereocenters. The van der Waals surface area contributed by atoms with Crippen molar-refractivity contribution in [3.8, 4) is 0 Å². The van der Waals surface area contributed by atoms with Gasteiger partial charge in [0.15, 0.2) is 0 Å². The molecule has 1 atom stereocenters. The Kier molecular flexibility index (Phi) is 3.82. The number of primary amides is 1. The largest absolute Gasteiger partial charge is 0.416 e. The summed E-state index contributed by atoms with van der Waals surface area (Å²) < 4.78 is 37.3. The molecule has 0 radical (unpaired) electrons. The molecule has 0 saturated heterocycles. The van der Waals surface area contributed by atoms with Crippen LogP contribution in [-0.4, -0.2) is 16.9 Å². The van der Waals surface area contributed by atoms with Crippen molar-refractivity contribution in [2.24, 2.45) is 5.73 Å². The Morgan fingerprint density at radius 2 is 2.12 bits per heavy atom. The van der Waals surface area contributed by atoms with E-state index in [0.29, 0.717) is 6.07 Å². The molecule has 1 heterocycles. The lowest BCUT2D eigenvalue weighted by Gasteiger charge is -2.13. The monoisotopic (exact) mass is 267 g/mol. The van der Waals surface area contributed by atoms with E-state index in [-0.39, 0.29) is 11.0 Å². The zero-order valence-electron chi connectivity index (χ0n) is 8.68. The van der Waals surface area contributed by atoms with Crippen LogP contribution in [0.2, 0.25) is 5.15 Å². The molecule has 0 aliphatic rings.